The fourth-order valence-corrected chi connectivity index (χ4v) is 4.04. The number of para-hydroxylation sites is 1. The van der Waals surface area contributed by atoms with E-state index in [4.69, 9.17) is 16.3 Å². The molecule has 0 spiro atoms. The molecular formula is C18H22Cl2N2O3S. The van der Waals surface area contributed by atoms with Gasteiger partial charge in [0.05, 0.1) is 9.92 Å². The fraction of sp³-hybridized carbons (Fsp3) is 0.333. The molecule has 0 bridgehead atoms. The summed E-state index contributed by atoms with van der Waals surface area (Å²) in [6.07, 6.45) is 2.13. The van der Waals surface area contributed by atoms with Crippen LogP contribution in [0.25, 0.3) is 0 Å². The lowest BCUT2D eigenvalue weighted by Crippen LogP contribution is -2.38. The van der Waals surface area contributed by atoms with E-state index in [0.29, 0.717) is 29.0 Å². The van der Waals surface area contributed by atoms with Gasteiger partial charge in [-0.25, -0.2) is 13.1 Å². The van der Waals surface area contributed by atoms with E-state index < -0.39 is 10.0 Å². The molecule has 2 aromatic carbocycles. The minimum absolute atomic E-state index is 0. The third-order valence-corrected chi connectivity index (χ3v) is 5.91. The summed E-state index contributed by atoms with van der Waals surface area (Å²) in [5.41, 5.74) is 0. The van der Waals surface area contributed by atoms with Gasteiger partial charge in [-0.05, 0) is 68.2 Å². The molecule has 0 aromatic heterocycles. The van der Waals surface area contributed by atoms with Crippen LogP contribution in [0.4, 0.5) is 0 Å². The normalized spacial score (nSPS) is 17.3. The van der Waals surface area contributed by atoms with Gasteiger partial charge in [-0.15, -0.1) is 12.4 Å². The van der Waals surface area contributed by atoms with Crippen LogP contribution in [0.3, 0.4) is 0 Å². The standard InChI is InChI=1S/C18H21ClN2O3S.ClH/c19-17-5-1-2-6-18(17)24-15-7-9-16(10-8-15)25(22,23)21-13-14-4-3-11-20-12-14;/h1-2,5-10,14,20-21H,3-4,11-13H2;1H. The van der Waals surface area contributed by atoms with E-state index in [9.17, 15) is 8.42 Å². The molecule has 5 nitrogen and oxygen atoms in total. The molecule has 3 rings (SSSR count). The molecule has 1 aliphatic rings. The van der Waals surface area contributed by atoms with Gasteiger partial charge in [0, 0.05) is 6.54 Å². The summed E-state index contributed by atoms with van der Waals surface area (Å²) in [6.45, 7) is 2.32. The molecular weight excluding hydrogens is 395 g/mol. The van der Waals surface area contributed by atoms with Crippen LogP contribution in [0.1, 0.15) is 12.8 Å². The Morgan fingerprint density at radius 3 is 2.54 bits per heavy atom. The Labute approximate surface area is 165 Å². The van der Waals surface area contributed by atoms with E-state index in [1.165, 1.54) is 12.1 Å². The molecule has 0 saturated carbocycles. The molecule has 1 unspecified atom stereocenters. The number of rotatable bonds is 6. The zero-order valence-corrected chi connectivity index (χ0v) is 16.5. The Morgan fingerprint density at radius 1 is 1.15 bits per heavy atom. The van der Waals surface area contributed by atoms with Gasteiger partial charge in [-0.2, -0.15) is 0 Å². The van der Waals surface area contributed by atoms with Crippen molar-refractivity contribution >= 4 is 34.0 Å². The first-order valence-electron chi connectivity index (χ1n) is 8.27. The zero-order valence-electron chi connectivity index (χ0n) is 14.2. The summed E-state index contributed by atoms with van der Waals surface area (Å²) in [7, 11) is -3.52. The number of sulfonamides is 1. The van der Waals surface area contributed by atoms with Gasteiger partial charge in [0.15, 0.2) is 0 Å². The molecule has 142 valence electrons. The smallest absolute Gasteiger partial charge is 0.240 e. The maximum absolute atomic E-state index is 12.4. The lowest BCUT2D eigenvalue weighted by Gasteiger charge is -2.22. The zero-order chi connectivity index (χ0) is 17.7. The number of benzene rings is 2. The van der Waals surface area contributed by atoms with Crippen LogP contribution >= 0.6 is 24.0 Å². The van der Waals surface area contributed by atoms with E-state index in [-0.39, 0.29) is 17.3 Å². The van der Waals surface area contributed by atoms with E-state index in [0.717, 1.165) is 25.9 Å². The predicted octanol–water partition coefficient (Wildman–Crippen LogP) is 3.83. The topological polar surface area (TPSA) is 67.4 Å². The molecule has 2 N–H and O–H groups in total. The fourth-order valence-electron chi connectivity index (χ4n) is 2.75. The first kappa shape index (κ1) is 21.0. The van der Waals surface area contributed by atoms with Gasteiger partial charge in [0.2, 0.25) is 10.0 Å². The Balaban J connectivity index is 0.00000243. The number of ether oxygens (including phenoxy) is 1. The Hall–Kier alpha value is -1.31. The van der Waals surface area contributed by atoms with Crippen LogP contribution in [-0.2, 0) is 10.0 Å². The molecule has 2 aromatic rings. The molecule has 1 heterocycles. The van der Waals surface area contributed by atoms with Gasteiger partial charge < -0.3 is 10.1 Å². The second kappa shape index (κ2) is 9.58. The van der Waals surface area contributed by atoms with Gasteiger partial charge in [-0.1, -0.05) is 23.7 Å². The predicted molar refractivity (Wildman–Crippen MR) is 106 cm³/mol. The Bertz CT molecular complexity index is 807. The molecule has 8 heteroatoms. The molecule has 0 amide bonds. The molecule has 1 fully saturated rings. The van der Waals surface area contributed by atoms with Crippen LogP contribution in [0.5, 0.6) is 11.5 Å². The molecule has 0 aliphatic carbocycles. The molecule has 1 atom stereocenters. The second-order valence-electron chi connectivity index (χ2n) is 6.07. The van der Waals surface area contributed by atoms with Crippen LogP contribution < -0.4 is 14.8 Å². The lowest BCUT2D eigenvalue weighted by molar-refractivity contribution is 0.376. The number of halogens is 2. The summed E-state index contributed by atoms with van der Waals surface area (Å²) in [5, 5.41) is 3.79. The maximum atomic E-state index is 12.4. The van der Waals surface area contributed by atoms with Gasteiger partial charge in [0.25, 0.3) is 0 Å². The van der Waals surface area contributed by atoms with Crippen LogP contribution in [0, 0.1) is 5.92 Å². The first-order valence-corrected chi connectivity index (χ1v) is 10.1. The monoisotopic (exact) mass is 416 g/mol. The van der Waals surface area contributed by atoms with Crippen LogP contribution in [-0.4, -0.2) is 28.1 Å². The van der Waals surface area contributed by atoms with Crippen molar-refractivity contribution in [1.82, 2.24) is 10.0 Å². The lowest BCUT2D eigenvalue weighted by atomic mass is 10.0. The SMILES string of the molecule is Cl.O=S(=O)(NCC1CCCNC1)c1ccc(Oc2ccccc2Cl)cc1. The van der Waals surface area contributed by atoms with E-state index in [1.807, 2.05) is 12.1 Å². The third kappa shape index (κ3) is 5.59. The highest BCUT2D eigenvalue weighted by atomic mass is 35.5. The van der Waals surface area contributed by atoms with Crippen molar-refractivity contribution in [3.05, 3.63) is 53.6 Å². The van der Waals surface area contributed by atoms with E-state index >= 15 is 0 Å². The Kier molecular flexibility index (Phi) is 7.73. The van der Waals surface area contributed by atoms with Crippen molar-refractivity contribution in [3.8, 4) is 11.5 Å². The van der Waals surface area contributed by atoms with Crippen molar-refractivity contribution in [1.29, 1.82) is 0 Å². The van der Waals surface area contributed by atoms with Gasteiger partial charge >= 0.3 is 0 Å². The summed E-state index contributed by atoms with van der Waals surface area (Å²) in [5.74, 6) is 1.40. The summed E-state index contributed by atoms with van der Waals surface area (Å²) in [4.78, 5) is 0.225. The highest BCUT2D eigenvalue weighted by Crippen LogP contribution is 2.29. The second-order valence-corrected chi connectivity index (χ2v) is 8.24. The van der Waals surface area contributed by atoms with Crippen molar-refractivity contribution < 1.29 is 13.2 Å². The van der Waals surface area contributed by atoms with Gasteiger partial charge in [0.1, 0.15) is 11.5 Å². The third-order valence-electron chi connectivity index (χ3n) is 4.16. The van der Waals surface area contributed by atoms with Crippen LogP contribution in [0.2, 0.25) is 5.02 Å². The quantitative estimate of drug-likeness (QED) is 0.750. The number of piperidine rings is 1. The number of hydrogen-bond acceptors (Lipinski definition) is 4. The summed E-state index contributed by atoms with van der Waals surface area (Å²) >= 11 is 6.06. The Morgan fingerprint density at radius 2 is 1.88 bits per heavy atom. The molecule has 26 heavy (non-hydrogen) atoms. The number of hydrogen-bond donors (Lipinski definition) is 2. The van der Waals surface area contributed by atoms with E-state index in [2.05, 4.69) is 10.0 Å². The molecule has 1 aliphatic heterocycles. The highest BCUT2D eigenvalue weighted by Gasteiger charge is 2.18. The summed E-state index contributed by atoms with van der Waals surface area (Å²) in [6, 6.07) is 13.5. The van der Waals surface area contributed by atoms with Crippen molar-refractivity contribution in [2.45, 2.75) is 17.7 Å². The van der Waals surface area contributed by atoms with Crippen molar-refractivity contribution in [3.63, 3.8) is 0 Å². The number of nitrogens with one attached hydrogen (secondary N) is 2. The van der Waals surface area contributed by atoms with Crippen molar-refractivity contribution in [2.75, 3.05) is 19.6 Å². The average molecular weight is 417 g/mol. The molecule has 1 saturated heterocycles. The minimum Gasteiger partial charge on any atom is -0.456 e. The highest BCUT2D eigenvalue weighted by molar-refractivity contribution is 7.89. The maximum Gasteiger partial charge on any atom is 0.240 e. The van der Waals surface area contributed by atoms with E-state index in [1.54, 1.807) is 24.3 Å². The van der Waals surface area contributed by atoms with Crippen molar-refractivity contribution in [2.24, 2.45) is 5.92 Å². The molecule has 0 radical (unpaired) electrons. The minimum atomic E-state index is -3.52. The summed E-state index contributed by atoms with van der Waals surface area (Å²) < 4.78 is 33.2. The first-order chi connectivity index (χ1) is 12.0. The average Bonchev–Trinajstić information content (AvgIpc) is 2.63. The largest absolute Gasteiger partial charge is 0.456 e. The van der Waals surface area contributed by atoms with Crippen LogP contribution in [0.15, 0.2) is 53.4 Å². The van der Waals surface area contributed by atoms with Gasteiger partial charge in [-0.3, -0.25) is 0 Å².